The lowest BCUT2D eigenvalue weighted by molar-refractivity contribution is 0.0940. The summed E-state index contributed by atoms with van der Waals surface area (Å²) in [6.07, 6.45) is 0. The highest BCUT2D eigenvalue weighted by Gasteiger charge is 2.12. The van der Waals surface area contributed by atoms with Crippen molar-refractivity contribution in [3.63, 3.8) is 0 Å². The third kappa shape index (κ3) is 4.32. The summed E-state index contributed by atoms with van der Waals surface area (Å²) in [6.45, 7) is 1.95. The van der Waals surface area contributed by atoms with E-state index in [1.807, 2.05) is 37.3 Å². The molecule has 0 saturated carbocycles. The second-order valence-corrected chi connectivity index (χ2v) is 6.46. The van der Waals surface area contributed by atoms with Crippen LogP contribution in [0.15, 0.2) is 51.4 Å². The molecular weight excluding hydrogens is 398 g/mol. The minimum atomic E-state index is -0.111. The van der Waals surface area contributed by atoms with Gasteiger partial charge in [-0.15, -0.1) is 0 Å². The summed E-state index contributed by atoms with van der Waals surface area (Å²) >= 11 is 6.77. The van der Waals surface area contributed by atoms with E-state index in [2.05, 4.69) is 37.2 Å². The van der Waals surface area contributed by atoms with Crippen molar-refractivity contribution in [2.45, 2.75) is 13.0 Å². The fourth-order valence-electron chi connectivity index (χ4n) is 1.94. The van der Waals surface area contributed by atoms with E-state index < -0.39 is 0 Å². The highest BCUT2D eigenvalue weighted by Crippen LogP contribution is 2.21. The number of hydrogen-bond donors (Lipinski definition) is 1. The molecule has 21 heavy (non-hydrogen) atoms. The maximum Gasteiger partial charge on any atom is 0.251 e. The van der Waals surface area contributed by atoms with E-state index in [4.69, 9.17) is 4.74 Å². The first-order valence-corrected chi connectivity index (χ1v) is 7.99. The molecule has 1 unspecified atom stereocenters. The van der Waals surface area contributed by atoms with E-state index in [1.54, 1.807) is 19.2 Å². The molecule has 0 radical (unpaired) electrons. The molecule has 0 spiro atoms. The van der Waals surface area contributed by atoms with E-state index >= 15 is 0 Å². The van der Waals surface area contributed by atoms with Crippen LogP contribution in [-0.2, 0) is 0 Å². The Morgan fingerprint density at radius 1 is 1.10 bits per heavy atom. The monoisotopic (exact) mass is 411 g/mol. The lowest BCUT2D eigenvalue weighted by Crippen LogP contribution is -2.26. The fraction of sp³-hybridized carbons (Fsp3) is 0.188. The third-order valence-corrected chi connectivity index (χ3v) is 4.00. The predicted octanol–water partition coefficient (Wildman–Crippen LogP) is 4.71. The van der Waals surface area contributed by atoms with Gasteiger partial charge in [-0.25, -0.2) is 0 Å². The van der Waals surface area contributed by atoms with Gasteiger partial charge in [-0.2, -0.15) is 0 Å². The average Bonchev–Trinajstić information content (AvgIpc) is 2.46. The summed E-state index contributed by atoms with van der Waals surface area (Å²) in [5, 5.41) is 2.98. The number of hydrogen-bond acceptors (Lipinski definition) is 2. The van der Waals surface area contributed by atoms with Gasteiger partial charge in [-0.1, -0.05) is 44.0 Å². The van der Waals surface area contributed by atoms with E-state index in [0.717, 1.165) is 20.3 Å². The Kier molecular flexibility index (Phi) is 5.42. The molecule has 0 aliphatic carbocycles. The van der Waals surface area contributed by atoms with Crippen molar-refractivity contribution in [3.05, 3.63) is 62.5 Å². The van der Waals surface area contributed by atoms with E-state index in [-0.39, 0.29) is 11.9 Å². The smallest absolute Gasteiger partial charge is 0.251 e. The minimum absolute atomic E-state index is 0.0823. The summed E-state index contributed by atoms with van der Waals surface area (Å²) < 4.78 is 6.85. The number of amides is 1. The summed E-state index contributed by atoms with van der Waals surface area (Å²) in [5.74, 6) is 0.688. The van der Waals surface area contributed by atoms with Crippen molar-refractivity contribution in [2.24, 2.45) is 0 Å². The second-order valence-electron chi connectivity index (χ2n) is 4.63. The Bertz CT molecular complexity index is 621. The van der Waals surface area contributed by atoms with Gasteiger partial charge < -0.3 is 10.1 Å². The van der Waals surface area contributed by atoms with E-state index in [9.17, 15) is 4.79 Å². The Balaban J connectivity index is 2.10. The molecule has 1 N–H and O–H groups in total. The van der Waals surface area contributed by atoms with E-state index in [0.29, 0.717) is 5.56 Å². The number of benzene rings is 2. The first kappa shape index (κ1) is 16.0. The van der Waals surface area contributed by atoms with Crippen LogP contribution in [0.4, 0.5) is 0 Å². The molecule has 0 aromatic heterocycles. The van der Waals surface area contributed by atoms with Gasteiger partial charge in [-0.05, 0) is 42.8 Å². The lowest BCUT2D eigenvalue weighted by Gasteiger charge is -2.15. The van der Waals surface area contributed by atoms with Crippen molar-refractivity contribution in [3.8, 4) is 5.75 Å². The molecule has 0 heterocycles. The van der Waals surface area contributed by atoms with Crippen molar-refractivity contribution >= 4 is 37.8 Å². The first-order valence-electron chi connectivity index (χ1n) is 6.40. The average molecular weight is 413 g/mol. The highest BCUT2D eigenvalue weighted by atomic mass is 79.9. The normalized spacial score (nSPS) is 11.8. The van der Waals surface area contributed by atoms with Gasteiger partial charge >= 0.3 is 0 Å². The Morgan fingerprint density at radius 2 is 1.67 bits per heavy atom. The van der Waals surface area contributed by atoms with Gasteiger partial charge in [0.25, 0.3) is 5.91 Å². The van der Waals surface area contributed by atoms with Crippen LogP contribution in [0.25, 0.3) is 0 Å². The fourth-order valence-corrected chi connectivity index (χ4v) is 3.23. The number of rotatable bonds is 4. The zero-order chi connectivity index (χ0) is 15.4. The number of nitrogens with one attached hydrogen (secondary N) is 1. The van der Waals surface area contributed by atoms with E-state index in [1.165, 1.54) is 0 Å². The van der Waals surface area contributed by atoms with Gasteiger partial charge in [0, 0.05) is 14.5 Å². The zero-order valence-electron chi connectivity index (χ0n) is 11.7. The SMILES string of the molecule is COc1ccc(C(C)NC(=O)c2cc(Br)cc(Br)c2)cc1. The quantitative estimate of drug-likeness (QED) is 0.789. The molecule has 0 saturated heterocycles. The number of halogens is 2. The van der Waals surface area contributed by atoms with Crippen molar-refractivity contribution in [2.75, 3.05) is 7.11 Å². The molecule has 0 aliphatic rings. The summed E-state index contributed by atoms with van der Waals surface area (Å²) in [7, 11) is 1.63. The van der Waals surface area contributed by atoms with Crippen molar-refractivity contribution < 1.29 is 9.53 Å². The van der Waals surface area contributed by atoms with Crippen LogP contribution >= 0.6 is 31.9 Å². The van der Waals surface area contributed by atoms with Crippen LogP contribution in [0, 0.1) is 0 Å². The number of ether oxygens (including phenoxy) is 1. The molecule has 110 valence electrons. The summed E-state index contributed by atoms with van der Waals surface area (Å²) in [5.41, 5.74) is 1.63. The Hall–Kier alpha value is -1.33. The third-order valence-electron chi connectivity index (χ3n) is 3.09. The van der Waals surface area contributed by atoms with Gasteiger partial charge in [0.2, 0.25) is 0 Å². The molecule has 2 rings (SSSR count). The highest BCUT2D eigenvalue weighted by molar-refractivity contribution is 9.11. The van der Waals surface area contributed by atoms with Crippen molar-refractivity contribution in [1.29, 1.82) is 0 Å². The predicted molar refractivity (Wildman–Crippen MR) is 90.7 cm³/mol. The molecular formula is C16H15Br2NO2. The molecule has 1 amide bonds. The van der Waals surface area contributed by atoms with Crippen molar-refractivity contribution in [1.82, 2.24) is 5.32 Å². The number of carbonyl (C=O) groups excluding carboxylic acids is 1. The molecule has 2 aromatic carbocycles. The Morgan fingerprint density at radius 3 is 2.19 bits per heavy atom. The minimum Gasteiger partial charge on any atom is -0.497 e. The first-order chi connectivity index (χ1) is 9.99. The van der Waals surface area contributed by atoms with Crippen LogP contribution in [0.1, 0.15) is 28.9 Å². The van der Waals surface area contributed by atoms with Gasteiger partial charge in [-0.3, -0.25) is 4.79 Å². The number of methoxy groups -OCH3 is 1. The summed E-state index contributed by atoms with van der Waals surface area (Å²) in [6, 6.07) is 13.1. The van der Waals surface area contributed by atoms with Gasteiger partial charge in [0.1, 0.15) is 5.75 Å². The maximum absolute atomic E-state index is 12.3. The van der Waals surface area contributed by atoms with Gasteiger partial charge in [0.15, 0.2) is 0 Å². The largest absolute Gasteiger partial charge is 0.497 e. The lowest BCUT2D eigenvalue weighted by atomic mass is 10.1. The van der Waals surface area contributed by atoms with Crippen LogP contribution in [0.2, 0.25) is 0 Å². The van der Waals surface area contributed by atoms with Crippen LogP contribution in [0.3, 0.4) is 0 Å². The van der Waals surface area contributed by atoms with Crippen LogP contribution in [0.5, 0.6) is 5.75 Å². The van der Waals surface area contributed by atoms with Crippen LogP contribution < -0.4 is 10.1 Å². The standard InChI is InChI=1S/C16H15Br2NO2/c1-10(11-3-5-15(21-2)6-4-11)19-16(20)12-7-13(17)9-14(18)8-12/h3-10H,1-2H3,(H,19,20). The molecule has 0 fully saturated rings. The molecule has 0 aliphatic heterocycles. The topological polar surface area (TPSA) is 38.3 Å². The Labute approximate surface area is 141 Å². The number of carbonyl (C=O) groups is 1. The van der Waals surface area contributed by atoms with Crippen LogP contribution in [-0.4, -0.2) is 13.0 Å². The maximum atomic E-state index is 12.3. The molecule has 3 nitrogen and oxygen atoms in total. The zero-order valence-corrected chi connectivity index (χ0v) is 14.9. The molecule has 1 atom stereocenters. The summed E-state index contributed by atoms with van der Waals surface area (Å²) in [4.78, 5) is 12.3. The molecule has 0 bridgehead atoms. The molecule has 2 aromatic rings. The molecule has 5 heteroatoms. The van der Waals surface area contributed by atoms with Gasteiger partial charge in [0.05, 0.1) is 13.2 Å². The second kappa shape index (κ2) is 7.09.